The molecule has 0 spiro atoms. The molecule has 1 unspecified atom stereocenters. The minimum Gasteiger partial charge on any atom is -0.332 e. The molecule has 1 atom stereocenters. The molecule has 5 nitrogen and oxygen atoms in total. The topological polar surface area (TPSA) is 52.7 Å². The zero-order valence-corrected chi connectivity index (χ0v) is 20.4. The fourth-order valence-electron chi connectivity index (χ4n) is 3.46. The van der Waals surface area contributed by atoms with E-state index in [9.17, 15) is 22.8 Å². The van der Waals surface area contributed by atoms with Crippen molar-refractivity contribution in [2.45, 2.75) is 45.6 Å². The predicted octanol–water partition coefficient (Wildman–Crippen LogP) is 6.63. The molecule has 3 amide bonds. The lowest BCUT2D eigenvalue weighted by Crippen LogP contribution is -2.47. The first-order chi connectivity index (χ1) is 16.7. The number of urea groups is 1. The highest BCUT2D eigenvalue weighted by Gasteiger charge is 2.30. The smallest absolute Gasteiger partial charge is 0.332 e. The van der Waals surface area contributed by atoms with Crippen LogP contribution in [0.1, 0.15) is 36.3 Å². The highest BCUT2D eigenvalue weighted by molar-refractivity contribution is 7.09. The van der Waals surface area contributed by atoms with E-state index in [1.165, 1.54) is 17.0 Å². The van der Waals surface area contributed by atoms with Gasteiger partial charge in [0.1, 0.15) is 6.54 Å². The van der Waals surface area contributed by atoms with Crippen molar-refractivity contribution in [2.24, 2.45) is 0 Å². The maximum Gasteiger partial charge on any atom is 0.416 e. The van der Waals surface area contributed by atoms with Crippen LogP contribution in [-0.4, -0.2) is 34.3 Å². The van der Waals surface area contributed by atoms with Gasteiger partial charge in [0.05, 0.1) is 12.1 Å². The Hall–Kier alpha value is -3.33. The molecule has 3 rings (SSSR count). The predicted molar refractivity (Wildman–Crippen MR) is 132 cm³/mol. The third kappa shape index (κ3) is 7.58. The molecule has 0 aliphatic heterocycles. The summed E-state index contributed by atoms with van der Waals surface area (Å²) >= 11 is 1.55. The zero-order valence-electron chi connectivity index (χ0n) is 19.6. The molecule has 0 fully saturated rings. The van der Waals surface area contributed by atoms with Crippen molar-refractivity contribution < 1.29 is 22.8 Å². The van der Waals surface area contributed by atoms with Crippen molar-refractivity contribution in [1.82, 2.24) is 9.80 Å². The third-order valence-electron chi connectivity index (χ3n) is 5.65. The number of carbonyl (C=O) groups is 2. The van der Waals surface area contributed by atoms with Crippen LogP contribution in [0.15, 0.2) is 72.1 Å². The van der Waals surface area contributed by atoms with E-state index >= 15 is 0 Å². The van der Waals surface area contributed by atoms with Gasteiger partial charge in [-0.3, -0.25) is 4.79 Å². The number of nitrogens with one attached hydrogen (secondary N) is 1. The van der Waals surface area contributed by atoms with Gasteiger partial charge in [-0.15, -0.1) is 11.3 Å². The molecule has 0 saturated heterocycles. The molecular formula is C26H28F3N3O2S. The Morgan fingerprint density at radius 1 is 0.971 bits per heavy atom. The van der Waals surface area contributed by atoms with Gasteiger partial charge in [-0.2, -0.15) is 13.2 Å². The van der Waals surface area contributed by atoms with Crippen molar-refractivity contribution in [2.75, 3.05) is 11.9 Å². The molecular weight excluding hydrogens is 475 g/mol. The standard InChI is InChI=1S/C26H28F3N3O2S/c1-3-19(2)32(25(34)30-22-13-11-21(12-14-22)26(27,28)29)18-24(33)31(17-23-10-7-15-35-23)16-20-8-5-4-6-9-20/h4-15,19H,3,16-18H2,1-2H3,(H,30,34). The lowest BCUT2D eigenvalue weighted by atomic mass is 10.2. The normalized spacial score (nSPS) is 12.1. The number of halogens is 3. The van der Waals surface area contributed by atoms with E-state index in [2.05, 4.69) is 5.32 Å². The average molecular weight is 504 g/mol. The van der Waals surface area contributed by atoms with Gasteiger partial charge in [0.25, 0.3) is 0 Å². The summed E-state index contributed by atoms with van der Waals surface area (Å²) in [5, 5.41) is 4.57. The van der Waals surface area contributed by atoms with E-state index in [0.29, 0.717) is 19.5 Å². The number of benzene rings is 2. The average Bonchev–Trinajstić information content (AvgIpc) is 3.35. The summed E-state index contributed by atoms with van der Waals surface area (Å²) in [6.45, 7) is 4.40. The molecule has 0 aliphatic carbocycles. The zero-order chi connectivity index (χ0) is 25.4. The van der Waals surface area contributed by atoms with E-state index in [1.54, 1.807) is 16.2 Å². The van der Waals surface area contributed by atoms with Crippen LogP contribution in [0.5, 0.6) is 0 Å². The van der Waals surface area contributed by atoms with Gasteiger partial charge in [-0.25, -0.2) is 4.79 Å². The van der Waals surface area contributed by atoms with E-state index in [-0.39, 0.29) is 24.2 Å². The van der Waals surface area contributed by atoms with Crippen molar-refractivity contribution in [3.8, 4) is 0 Å². The molecule has 0 radical (unpaired) electrons. The fraction of sp³-hybridized carbons (Fsp3) is 0.308. The minimum atomic E-state index is -4.46. The summed E-state index contributed by atoms with van der Waals surface area (Å²) in [7, 11) is 0. The number of hydrogen-bond acceptors (Lipinski definition) is 3. The number of amides is 3. The number of alkyl halides is 3. The van der Waals surface area contributed by atoms with E-state index in [0.717, 1.165) is 22.6 Å². The van der Waals surface area contributed by atoms with E-state index < -0.39 is 17.8 Å². The maximum absolute atomic E-state index is 13.4. The molecule has 9 heteroatoms. The van der Waals surface area contributed by atoms with Crippen LogP contribution < -0.4 is 5.32 Å². The summed E-state index contributed by atoms with van der Waals surface area (Å²) in [4.78, 5) is 30.6. The maximum atomic E-state index is 13.4. The Kier molecular flexibility index (Phi) is 8.92. The molecule has 1 heterocycles. The summed E-state index contributed by atoms with van der Waals surface area (Å²) in [6, 6.07) is 16.9. The third-order valence-corrected chi connectivity index (χ3v) is 6.51. The van der Waals surface area contributed by atoms with Crippen LogP contribution in [0.4, 0.5) is 23.7 Å². The van der Waals surface area contributed by atoms with Crippen LogP contribution in [0.3, 0.4) is 0 Å². The molecule has 186 valence electrons. The van der Waals surface area contributed by atoms with Gasteiger partial charge in [0.2, 0.25) is 5.91 Å². The molecule has 35 heavy (non-hydrogen) atoms. The van der Waals surface area contributed by atoms with Gasteiger partial charge < -0.3 is 15.1 Å². The Bertz CT molecular complexity index is 1090. The summed E-state index contributed by atoms with van der Waals surface area (Å²) in [6.07, 6.45) is -3.85. The van der Waals surface area contributed by atoms with E-state index in [4.69, 9.17) is 0 Å². The first-order valence-corrected chi connectivity index (χ1v) is 12.1. The van der Waals surface area contributed by atoms with Gasteiger partial charge in [-0.1, -0.05) is 43.3 Å². The molecule has 1 aromatic heterocycles. The number of thiophene rings is 1. The number of nitrogens with zero attached hydrogens (tertiary/aromatic N) is 2. The number of hydrogen-bond donors (Lipinski definition) is 1. The van der Waals surface area contributed by atoms with Crippen molar-refractivity contribution in [3.05, 3.63) is 88.1 Å². The van der Waals surface area contributed by atoms with Crippen molar-refractivity contribution >= 4 is 29.0 Å². The van der Waals surface area contributed by atoms with Gasteiger partial charge in [0, 0.05) is 23.2 Å². The second-order valence-electron chi connectivity index (χ2n) is 8.21. The summed E-state index contributed by atoms with van der Waals surface area (Å²) < 4.78 is 38.5. The van der Waals surface area contributed by atoms with Crippen LogP contribution in [0.25, 0.3) is 0 Å². The Morgan fingerprint density at radius 3 is 2.23 bits per heavy atom. The van der Waals surface area contributed by atoms with Crippen LogP contribution in [0, 0.1) is 0 Å². The summed E-state index contributed by atoms with van der Waals surface area (Å²) in [5.41, 5.74) is 0.403. The Morgan fingerprint density at radius 2 is 1.66 bits per heavy atom. The van der Waals surface area contributed by atoms with Gasteiger partial charge >= 0.3 is 12.2 Å². The first-order valence-electron chi connectivity index (χ1n) is 11.3. The second kappa shape index (κ2) is 11.9. The molecule has 2 aromatic carbocycles. The Labute approximate surface area is 207 Å². The number of rotatable bonds is 9. The SMILES string of the molecule is CCC(C)N(CC(=O)N(Cc1ccccc1)Cc1cccs1)C(=O)Nc1ccc(C(F)(F)F)cc1. The van der Waals surface area contributed by atoms with Crippen LogP contribution in [-0.2, 0) is 24.1 Å². The van der Waals surface area contributed by atoms with Gasteiger partial charge in [0.15, 0.2) is 0 Å². The lowest BCUT2D eigenvalue weighted by molar-refractivity contribution is -0.137. The molecule has 0 aliphatic rings. The quantitative estimate of drug-likeness (QED) is 0.356. The monoisotopic (exact) mass is 503 g/mol. The minimum absolute atomic E-state index is 0.153. The van der Waals surface area contributed by atoms with Crippen molar-refractivity contribution in [1.29, 1.82) is 0 Å². The second-order valence-corrected chi connectivity index (χ2v) is 9.24. The number of carbonyl (C=O) groups excluding carboxylic acids is 2. The highest BCUT2D eigenvalue weighted by Crippen LogP contribution is 2.30. The lowest BCUT2D eigenvalue weighted by Gasteiger charge is -2.31. The highest BCUT2D eigenvalue weighted by atomic mass is 32.1. The molecule has 0 saturated carbocycles. The first kappa shape index (κ1) is 26.3. The largest absolute Gasteiger partial charge is 0.416 e. The molecule has 1 N–H and O–H groups in total. The van der Waals surface area contributed by atoms with Crippen LogP contribution in [0.2, 0.25) is 0 Å². The number of anilines is 1. The fourth-order valence-corrected chi connectivity index (χ4v) is 4.18. The van der Waals surface area contributed by atoms with Crippen LogP contribution >= 0.6 is 11.3 Å². The summed E-state index contributed by atoms with van der Waals surface area (Å²) in [5.74, 6) is -0.217. The Balaban J connectivity index is 1.75. The van der Waals surface area contributed by atoms with Gasteiger partial charge in [-0.05, 0) is 54.6 Å². The molecule has 3 aromatic rings. The van der Waals surface area contributed by atoms with Crippen molar-refractivity contribution in [3.63, 3.8) is 0 Å². The molecule has 0 bridgehead atoms. The van der Waals surface area contributed by atoms with E-state index in [1.807, 2.05) is 61.7 Å².